The highest BCUT2D eigenvalue weighted by molar-refractivity contribution is 7.89. The lowest BCUT2D eigenvalue weighted by Crippen LogP contribution is -2.55. The van der Waals surface area contributed by atoms with E-state index in [4.69, 9.17) is 37.5 Å². The minimum absolute atomic E-state index is 0.00304. The van der Waals surface area contributed by atoms with Crippen LogP contribution in [-0.4, -0.2) is 106 Å². The van der Waals surface area contributed by atoms with E-state index in [1.807, 2.05) is 0 Å². The normalized spacial score (nSPS) is 27.8. The van der Waals surface area contributed by atoms with Crippen LogP contribution in [0.2, 0.25) is 28.2 Å². The average Bonchev–Trinajstić information content (AvgIpc) is 3.67. The van der Waals surface area contributed by atoms with Gasteiger partial charge in [-0.1, -0.05) is 44.0 Å². The van der Waals surface area contributed by atoms with Gasteiger partial charge in [0, 0.05) is 41.8 Å². The van der Waals surface area contributed by atoms with E-state index in [9.17, 15) is 21.6 Å². The first-order chi connectivity index (χ1) is 26.3. The van der Waals surface area contributed by atoms with Crippen molar-refractivity contribution in [1.29, 1.82) is 0 Å². The third-order valence-electron chi connectivity index (χ3n) is 13.1. The van der Waals surface area contributed by atoms with E-state index in [-0.39, 0.29) is 52.9 Å². The number of aliphatic hydroxyl groups is 1. The summed E-state index contributed by atoms with van der Waals surface area (Å²) in [5.41, 5.74) is 0. The van der Waals surface area contributed by atoms with Crippen LogP contribution in [0.1, 0.15) is 91.4 Å². The smallest absolute Gasteiger partial charge is 0.410 e. The average molecular weight is 873 g/mol. The van der Waals surface area contributed by atoms with Crippen LogP contribution >= 0.6 is 23.2 Å². The summed E-state index contributed by atoms with van der Waals surface area (Å²) in [6.07, 6.45) is 8.24. The molecule has 4 unspecified atom stereocenters. The summed E-state index contributed by atoms with van der Waals surface area (Å²) in [7, 11) is -9.15. The van der Waals surface area contributed by atoms with Gasteiger partial charge in [-0.15, -0.1) is 0 Å². The van der Waals surface area contributed by atoms with Gasteiger partial charge >= 0.3 is 6.09 Å². The summed E-state index contributed by atoms with van der Waals surface area (Å²) >= 11 is 11.8. The summed E-state index contributed by atoms with van der Waals surface area (Å²) in [5, 5.41) is 10.2. The molecule has 0 radical (unpaired) electrons. The molecule has 2 aromatic rings. The zero-order valence-corrected chi connectivity index (χ0v) is 37.4. The number of sulfonamides is 2. The van der Waals surface area contributed by atoms with E-state index in [2.05, 4.69) is 33.9 Å². The monoisotopic (exact) mass is 871 g/mol. The van der Waals surface area contributed by atoms with Crippen molar-refractivity contribution in [3.8, 4) is 0 Å². The molecule has 4 bridgehead atoms. The number of fused-ring (bicyclic) bond motifs is 4. The highest BCUT2D eigenvalue weighted by Crippen LogP contribution is 2.45. The highest BCUT2D eigenvalue weighted by Gasteiger charge is 2.52. The lowest BCUT2D eigenvalue weighted by atomic mass is 9.94. The Kier molecular flexibility index (Phi) is 13.7. The Morgan fingerprint density at radius 3 is 1.59 bits per heavy atom. The maximum absolute atomic E-state index is 13.3. The molecule has 16 heteroatoms. The fourth-order valence-corrected chi connectivity index (χ4v) is 14.4. The third-order valence-corrected chi connectivity index (χ3v) is 22.1. The van der Waals surface area contributed by atoms with Gasteiger partial charge in [-0.25, -0.2) is 21.6 Å². The van der Waals surface area contributed by atoms with Crippen molar-refractivity contribution < 1.29 is 35.9 Å². The van der Waals surface area contributed by atoms with Crippen LogP contribution in [0.25, 0.3) is 0 Å². The van der Waals surface area contributed by atoms with Crippen molar-refractivity contribution in [2.45, 2.75) is 156 Å². The van der Waals surface area contributed by atoms with Crippen LogP contribution in [0.5, 0.6) is 0 Å². The molecule has 5 heterocycles. The Morgan fingerprint density at radius 2 is 1.14 bits per heavy atom. The molecular formula is C40H59Cl2N3O8S2Si. The van der Waals surface area contributed by atoms with Gasteiger partial charge in [0.1, 0.15) is 6.10 Å². The molecule has 7 rings (SSSR count). The van der Waals surface area contributed by atoms with Crippen LogP contribution in [0.3, 0.4) is 0 Å². The van der Waals surface area contributed by atoms with Gasteiger partial charge in [0.2, 0.25) is 20.0 Å². The molecule has 5 saturated heterocycles. The minimum atomic E-state index is -3.68. The van der Waals surface area contributed by atoms with E-state index < -0.39 is 34.5 Å². The topological polar surface area (TPSA) is 134 Å². The number of benzene rings is 2. The standard InChI is InChI=1S/C21H29ClN2O5S.C19H30ClNO3SSi/c22-16-1-5-18(6-2-16)30(27,28)24-17-3-7-19(24)20(8-4-17)29-21(26)23-12-9-15(10-13-23)11-14-25;1-19(2,3)26(4,5)24-18-13-9-15-8-12-17(18)21(15)25(22,23)16-10-6-14(20)7-11-16/h1-2,5-6,15,17,19-20,25H,3-4,7-14H2;6-7,10-11,15,17-18H,8-9,12-13H2,1-5H3/t17?,19?,20-;15?,17?,18-/m00/s1. The first-order valence-electron chi connectivity index (χ1n) is 20.2. The van der Waals surface area contributed by atoms with Crippen molar-refractivity contribution >= 4 is 57.7 Å². The number of ether oxygens (including phenoxy) is 1. The van der Waals surface area contributed by atoms with E-state index in [1.165, 1.54) is 12.1 Å². The van der Waals surface area contributed by atoms with Gasteiger partial charge in [0.05, 0.1) is 28.0 Å². The SMILES string of the molecule is CC(C)(C)[Si](C)(C)O[C@H]1CCC2CCC1N2S(=O)(=O)c1ccc(Cl)cc1.O=C(O[C@H]1CCC2CCC1N2S(=O)(=O)c1ccc(Cl)cc1)N1CCC(CCO)CC1. The van der Waals surface area contributed by atoms with Crippen LogP contribution in [0.4, 0.5) is 4.79 Å². The number of piperidine rings is 3. The van der Waals surface area contributed by atoms with Crippen molar-refractivity contribution in [2.24, 2.45) is 5.92 Å². The molecule has 5 aliphatic heterocycles. The molecule has 0 spiro atoms. The fraction of sp³-hybridized carbons (Fsp3) is 0.675. The molecule has 11 nitrogen and oxygen atoms in total. The molecule has 0 aliphatic carbocycles. The molecule has 312 valence electrons. The number of aliphatic hydroxyl groups excluding tert-OH is 1. The Labute approximate surface area is 345 Å². The second-order valence-corrected chi connectivity index (χ2v) is 26.9. The number of carbonyl (C=O) groups excluding carboxylic acids is 1. The fourth-order valence-electron chi connectivity index (χ4n) is 8.94. The second kappa shape index (κ2) is 17.5. The zero-order valence-electron chi connectivity index (χ0n) is 33.3. The summed E-state index contributed by atoms with van der Waals surface area (Å²) in [5.74, 6) is 0.448. The lowest BCUT2D eigenvalue weighted by molar-refractivity contribution is 0.00618. The molecule has 6 atom stereocenters. The van der Waals surface area contributed by atoms with Crippen LogP contribution in [-0.2, 0) is 29.2 Å². The summed E-state index contributed by atoms with van der Waals surface area (Å²) < 4.78 is 69.0. The predicted octanol–water partition coefficient (Wildman–Crippen LogP) is 8.30. The first-order valence-corrected chi connectivity index (χ1v) is 26.7. The van der Waals surface area contributed by atoms with Gasteiger partial charge in [-0.2, -0.15) is 8.61 Å². The van der Waals surface area contributed by atoms with Crippen LogP contribution in [0.15, 0.2) is 58.3 Å². The molecular weight excluding hydrogens is 814 g/mol. The number of rotatable bonds is 9. The second-order valence-electron chi connectivity index (χ2n) is 17.6. The summed E-state index contributed by atoms with van der Waals surface area (Å²) in [6.45, 7) is 12.6. The Bertz CT molecular complexity index is 1890. The van der Waals surface area contributed by atoms with Crippen LogP contribution < -0.4 is 0 Å². The summed E-state index contributed by atoms with van der Waals surface area (Å²) in [4.78, 5) is 15.0. The number of nitrogens with zero attached hydrogens (tertiary/aromatic N) is 3. The zero-order chi connectivity index (χ0) is 40.6. The van der Waals surface area contributed by atoms with E-state index in [0.29, 0.717) is 53.2 Å². The number of amides is 1. The first kappa shape index (κ1) is 43.8. The highest BCUT2D eigenvalue weighted by atomic mass is 35.5. The molecule has 1 amide bonds. The molecule has 2 aromatic carbocycles. The molecule has 0 saturated carbocycles. The number of hydrogen-bond acceptors (Lipinski definition) is 8. The van der Waals surface area contributed by atoms with Crippen molar-refractivity contribution in [3.05, 3.63) is 58.6 Å². The Balaban J connectivity index is 0.000000192. The van der Waals surface area contributed by atoms with Crippen molar-refractivity contribution in [3.63, 3.8) is 0 Å². The van der Waals surface area contributed by atoms with E-state index >= 15 is 0 Å². The number of carbonyl (C=O) groups is 1. The quantitative estimate of drug-likeness (QED) is 0.249. The van der Waals surface area contributed by atoms with Crippen LogP contribution in [0, 0.1) is 5.92 Å². The Hall–Kier alpha value is -1.75. The van der Waals surface area contributed by atoms with Gasteiger partial charge in [-0.05, 0) is 143 Å². The number of likely N-dealkylation sites (tertiary alicyclic amines) is 1. The Morgan fingerprint density at radius 1 is 0.714 bits per heavy atom. The van der Waals surface area contributed by atoms with E-state index in [1.54, 1.807) is 49.9 Å². The number of hydrogen-bond donors (Lipinski definition) is 1. The van der Waals surface area contributed by atoms with Gasteiger partial charge in [-0.3, -0.25) is 0 Å². The largest absolute Gasteiger partial charge is 0.444 e. The molecule has 56 heavy (non-hydrogen) atoms. The summed E-state index contributed by atoms with van der Waals surface area (Å²) in [6, 6.07) is 12.4. The third kappa shape index (κ3) is 9.33. The predicted molar refractivity (Wildman–Crippen MR) is 221 cm³/mol. The maximum Gasteiger partial charge on any atom is 0.410 e. The van der Waals surface area contributed by atoms with Crippen molar-refractivity contribution in [1.82, 2.24) is 13.5 Å². The van der Waals surface area contributed by atoms with Gasteiger partial charge in [0.25, 0.3) is 0 Å². The van der Waals surface area contributed by atoms with Crippen molar-refractivity contribution in [2.75, 3.05) is 19.7 Å². The molecule has 5 fully saturated rings. The van der Waals surface area contributed by atoms with Gasteiger partial charge in [0.15, 0.2) is 8.32 Å². The molecule has 0 aromatic heterocycles. The van der Waals surface area contributed by atoms with E-state index in [0.717, 1.165) is 51.4 Å². The van der Waals surface area contributed by atoms with Gasteiger partial charge < -0.3 is 19.2 Å². The number of halogens is 2. The molecule has 1 N–H and O–H groups in total. The minimum Gasteiger partial charge on any atom is -0.444 e. The molecule has 5 aliphatic rings. The maximum atomic E-state index is 13.3. The lowest BCUT2D eigenvalue weighted by Gasteiger charge is -2.45.